The normalized spacial score (nSPS) is 11.0. The molecule has 0 spiro atoms. The van der Waals surface area contributed by atoms with Crippen molar-refractivity contribution in [3.63, 3.8) is 0 Å². The van der Waals surface area contributed by atoms with E-state index in [1.165, 1.54) is 21.9 Å². The van der Waals surface area contributed by atoms with E-state index in [4.69, 9.17) is 9.47 Å². The van der Waals surface area contributed by atoms with Gasteiger partial charge in [-0.15, -0.1) is 0 Å². The molecular formula is C25H26N4O4S. The molecule has 0 atom stereocenters. The van der Waals surface area contributed by atoms with Crippen LogP contribution in [-0.4, -0.2) is 27.1 Å². The molecule has 0 saturated heterocycles. The molecule has 9 heteroatoms. The van der Waals surface area contributed by atoms with Crippen LogP contribution in [0.2, 0.25) is 0 Å². The van der Waals surface area contributed by atoms with Crippen LogP contribution in [0.3, 0.4) is 0 Å². The number of ether oxygens (including phenoxy) is 2. The van der Waals surface area contributed by atoms with Gasteiger partial charge in [0.05, 0.1) is 5.69 Å². The summed E-state index contributed by atoms with van der Waals surface area (Å²) in [6.07, 6.45) is 1.94. The quantitative estimate of drug-likeness (QED) is 0.357. The van der Waals surface area contributed by atoms with E-state index in [2.05, 4.69) is 29.2 Å². The lowest BCUT2D eigenvalue weighted by atomic mass is 10.1. The number of para-hydroxylation sites is 1. The Kier molecular flexibility index (Phi) is 7.54. The predicted octanol–water partition coefficient (Wildman–Crippen LogP) is 4.65. The zero-order valence-electron chi connectivity index (χ0n) is 19.1. The maximum absolute atomic E-state index is 12.5. The van der Waals surface area contributed by atoms with Crippen molar-refractivity contribution in [3.8, 4) is 11.5 Å². The zero-order valence-corrected chi connectivity index (χ0v) is 19.9. The first kappa shape index (κ1) is 23.4. The number of benzene rings is 2. The van der Waals surface area contributed by atoms with Gasteiger partial charge in [-0.3, -0.25) is 9.59 Å². The van der Waals surface area contributed by atoms with Crippen molar-refractivity contribution in [2.24, 2.45) is 0 Å². The number of hydrogen-bond acceptors (Lipinski definition) is 7. The molecule has 0 fully saturated rings. The van der Waals surface area contributed by atoms with Crippen molar-refractivity contribution in [3.05, 3.63) is 81.7 Å². The molecular weight excluding hydrogens is 452 g/mol. The number of amides is 1. The van der Waals surface area contributed by atoms with Crippen LogP contribution in [-0.2, 0) is 11.4 Å². The van der Waals surface area contributed by atoms with E-state index in [-0.39, 0.29) is 24.7 Å². The maximum atomic E-state index is 12.5. The van der Waals surface area contributed by atoms with Crippen LogP contribution in [0.15, 0.2) is 65.5 Å². The van der Waals surface area contributed by atoms with Gasteiger partial charge in [0.2, 0.25) is 4.96 Å². The SMILES string of the molecule is CCC(CC)c1nn2c(=O)cc(COc3ccc(NC(=O)COc4ccccc4)cc3)nc2s1. The molecule has 0 aliphatic carbocycles. The van der Waals surface area contributed by atoms with E-state index in [1.54, 1.807) is 36.4 Å². The van der Waals surface area contributed by atoms with Gasteiger partial charge in [0.25, 0.3) is 11.5 Å². The fourth-order valence-electron chi connectivity index (χ4n) is 3.40. The molecule has 0 radical (unpaired) electrons. The lowest BCUT2D eigenvalue weighted by Gasteiger charge is -2.09. The molecule has 0 aliphatic rings. The number of rotatable bonds is 10. The first-order chi connectivity index (χ1) is 16.6. The monoisotopic (exact) mass is 478 g/mol. The molecule has 0 aliphatic heterocycles. The number of carbonyl (C=O) groups excluding carboxylic acids is 1. The minimum absolute atomic E-state index is 0.0809. The third-order valence-electron chi connectivity index (χ3n) is 5.29. The van der Waals surface area contributed by atoms with Gasteiger partial charge in [0, 0.05) is 17.7 Å². The summed E-state index contributed by atoms with van der Waals surface area (Å²) in [6, 6.07) is 17.6. The molecule has 4 rings (SSSR count). The van der Waals surface area contributed by atoms with Gasteiger partial charge >= 0.3 is 0 Å². The number of nitrogens with zero attached hydrogens (tertiary/aromatic N) is 3. The van der Waals surface area contributed by atoms with Crippen molar-refractivity contribution in [2.75, 3.05) is 11.9 Å². The van der Waals surface area contributed by atoms with Crippen LogP contribution in [0.4, 0.5) is 5.69 Å². The minimum atomic E-state index is -0.257. The topological polar surface area (TPSA) is 94.8 Å². The fraction of sp³-hybridized carbons (Fsp3) is 0.280. The van der Waals surface area contributed by atoms with Gasteiger partial charge in [0.15, 0.2) is 6.61 Å². The second-order valence-corrected chi connectivity index (χ2v) is 8.68. The molecule has 34 heavy (non-hydrogen) atoms. The minimum Gasteiger partial charge on any atom is -0.487 e. The van der Waals surface area contributed by atoms with E-state index in [0.29, 0.717) is 33.8 Å². The average molecular weight is 479 g/mol. The summed E-state index contributed by atoms with van der Waals surface area (Å²) in [6.45, 7) is 4.30. The van der Waals surface area contributed by atoms with Crippen molar-refractivity contribution in [1.29, 1.82) is 0 Å². The standard InChI is InChI=1S/C25H26N4O4S/c1-3-17(4-2)24-28-29-23(31)14-19(27-25(29)34-24)15-32-21-12-10-18(11-13-21)26-22(30)16-33-20-8-6-5-7-9-20/h5-14,17H,3-4,15-16H2,1-2H3,(H,26,30). The second-order valence-electron chi connectivity index (χ2n) is 7.70. The van der Waals surface area contributed by atoms with Crippen LogP contribution in [0.1, 0.15) is 43.3 Å². The second kappa shape index (κ2) is 10.9. The number of anilines is 1. The van der Waals surface area contributed by atoms with Crippen LogP contribution in [0.25, 0.3) is 4.96 Å². The molecule has 8 nitrogen and oxygen atoms in total. The number of hydrogen-bond donors (Lipinski definition) is 1. The van der Waals surface area contributed by atoms with Crippen molar-refractivity contribution >= 4 is 27.9 Å². The van der Waals surface area contributed by atoms with Gasteiger partial charge in [-0.05, 0) is 49.2 Å². The predicted molar refractivity (Wildman–Crippen MR) is 132 cm³/mol. The number of carbonyl (C=O) groups is 1. The highest BCUT2D eigenvalue weighted by molar-refractivity contribution is 7.16. The molecule has 176 valence electrons. The van der Waals surface area contributed by atoms with E-state index in [1.807, 2.05) is 18.2 Å². The highest BCUT2D eigenvalue weighted by Crippen LogP contribution is 2.26. The van der Waals surface area contributed by atoms with E-state index in [9.17, 15) is 9.59 Å². The van der Waals surface area contributed by atoms with Crippen LogP contribution >= 0.6 is 11.3 Å². The Labute approximate surface area is 201 Å². The van der Waals surface area contributed by atoms with Gasteiger partial charge in [-0.1, -0.05) is 43.4 Å². The molecule has 0 bridgehead atoms. The van der Waals surface area contributed by atoms with Gasteiger partial charge in [-0.25, -0.2) is 4.98 Å². The summed E-state index contributed by atoms with van der Waals surface area (Å²) >= 11 is 1.45. The summed E-state index contributed by atoms with van der Waals surface area (Å²) < 4.78 is 12.6. The van der Waals surface area contributed by atoms with Gasteiger partial charge in [0.1, 0.15) is 23.1 Å². The molecule has 2 aromatic heterocycles. The van der Waals surface area contributed by atoms with Crippen LogP contribution < -0.4 is 20.3 Å². The molecule has 2 heterocycles. The van der Waals surface area contributed by atoms with Gasteiger partial charge in [-0.2, -0.15) is 9.61 Å². The molecule has 0 unspecified atom stereocenters. The molecule has 2 aromatic carbocycles. The van der Waals surface area contributed by atoms with E-state index in [0.717, 1.165) is 17.8 Å². The Morgan fingerprint density at radius 2 is 1.74 bits per heavy atom. The van der Waals surface area contributed by atoms with Gasteiger partial charge < -0.3 is 14.8 Å². The van der Waals surface area contributed by atoms with Crippen molar-refractivity contribution in [1.82, 2.24) is 14.6 Å². The summed E-state index contributed by atoms with van der Waals surface area (Å²) in [7, 11) is 0. The Balaban J connectivity index is 1.33. The largest absolute Gasteiger partial charge is 0.487 e. The first-order valence-electron chi connectivity index (χ1n) is 11.2. The summed E-state index contributed by atoms with van der Waals surface area (Å²) in [5.41, 5.74) is 0.957. The lowest BCUT2D eigenvalue weighted by molar-refractivity contribution is -0.118. The summed E-state index contributed by atoms with van der Waals surface area (Å²) in [5, 5.41) is 8.16. The Morgan fingerprint density at radius 3 is 2.44 bits per heavy atom. The third kappa shape index (κ3) is 5.79. The van der Waals surface area contributed by atoms with Crippen molar-refractivity contribution < 1.29 is 14.3 Å². The highest BCUT2D eigenvalue weighted by Gasteiger charge is 2.15. The number of fused-ring (bicyclic) bond motifs is 1. The van der Waals surface area contributed by atoms with Crippen molar-refractivity contribution in [2.45, 2.75) is 39.2 Å². The maximum Gasteiger partial charge on any atom is 0.275 e. The highest BCUT2D eigenvalue weighted by atomic mass is 32.1. The Bertz CT molecular complexity index is 1300. The smallest absolute Gasteiger partial charge is 0.275 e. The molecule has 4 aromatic rings. The van der Waals surface area contributed by atoms with E-state index < -0.39 is 0 Å². The number of nitrogens with one attached hydrogen (secondary N) is 1. The molecule has 1 amide bonds. The third-order valence-corrected chi connectivity index (χ3v) is 6.36. The number of aromatic nitrogens is 3. The van der Waals surface area contributed by atoms with Crippen LogP contribution in [0, 0.1) is 0 Å². The van der Waals surface area contributed by atoms with Crippen LogP contribution in [0.5, 0.6) is 11.5 Å². The first-order valence-corrected chi connectivity index (χ1v) is 12.0. The molecule has 1 N–H and O–H groups in total. The summed E-state index contributed by atoms with van der Waals surface area (Å²) in [4.78, 5) is 29.7. The Hall–Kier alpha value is -3.72. The zero-order chi connectivity index (χ0) is 23.9. The molecule has 0 saturated carbocycles. The lowest BCUT2D eigenvalue weighted by Crippen LogP contribution is -2.20. The Morgan fingerprint density at radius 1 is 1.03 bits per heavy atom. The average Bonchev–Trinajstić information content (AvgIpc) is 3.28. The summed E-state index contributed by atoms with van der Waals surface area (Å²) in [5.74, 6) is 1.31. The van der Waals surface area contributed by atoms with E-state index >= 15 is 0 Å². The fourth-order valence-corrected chi connectivity index (χ4v) is 4.59.